The highest BCUT2D eigenvalue weighted by Gasteiger charge is 2.24. The lowest BCUT2D eigenvalue weighted by atomic mass is 9.95. The van der Waals surface area contributed by atoms with Crippen molar-refractivity contribution in [1.29, 1.82) is 0 Å². The number of hydrogen-bond donors (Lipinski definition) is 0. The number of fused-ring (bicyclic) bond motifs is 19. The van der Waals surface area contributed by atoms with Gasteiger partial charge in [0.25, 0.3) is 0 Å². The number of nitrogens with zero attached hydrogens (tertiary/aromatic N) is 6. The van der Waals surface area contributed by atoms with Gasteiger partial charge in [-0.25, -0.2) is 19.9 Å². The molecule has 0 fully saturated rings. The Balaban J connectivity index is 0.689. The maximum atomic E-state index is 5.30. The molecule has 20 aromatic rings. The van der Waals surface area contributed by atoms with Crippen LogP contribution in [0.3, 0.4) is 0 Å². The van der Waals surface area contributed by atoms with E-state index in [1.54, 1.807) is 0 Å². The van der Waals surface area contributed by atoms with E-state index < -0.39 is 0 Å². The Hall–Kier alpha value is -13.2. The molecule has 6 heteroatoms. The molecule has 0 saturated carbocycles. The van der Waals surface area contributed by atoms with Gasteiger partial charge in [-0.1, -0.05) is 285 Å². The standard InChI is InChI=1S/C92H56N6/c1-4-20-58(21-5-1)81-55-83(95-91(93-81)62-22-6-2-7-23-62)61-42-48-69(49-43-61)98-88-70-50-44-66(52-67(70)45-51-79(88)86-75-32-16-12-28-71(75)74-31-15-19-35-78(74)90(86)98)57-36-38-59(39-37-57)82-56-84(96-92(94-82)63-24-8-3-9-25-63)60-40-46-68(47-41-60)97-85-54-65-27-11-10-26-64(65)53-80(85)87-76-33-17-13-29-72(76)73-30-14-18-34-77(73)89(87)97/h1-56H. The monoisotopic (exact) mass is 1240 g/mol. The number of aromatic nitrogens is 6. The van der Waals surface area contributed by atoms with Crippen molar-refractivity contribution in [3.63, 3.8) is 0 Å². The molecular weight excluding hydrogens is 1190 g/mol. The zero-order valence-corrected chi connectivity index (χ0v) is 53.0. The van der Waals surface area contributed by atoms with Crippen LogP contribution in [0.4, 0.5) is 0 Å². The summed E-state index contributed by atoms with van der Waals surface area (Å²) in [5.41, 5.74) is 18.6. The van der Waals surface area contributed by atoms with Gasteiger partial charge in [0.1, 0.15) is 0 Å². The SMILES string of the molecule is c1ccc(-c2cc(-c3ccc(-n4c5c6ccc(-c7ccc(-c8cc(-c9ccc(-n%10c%11cc%12ccccc%12cc%11c%11c%12ccccc%12c%12ccccc%12c%11%10)cc9)nc(-c9ccccc9)n8)cc7)cc6ccc5c5c6ccccc6c6ccccc6c54)cc3)nc(-c3ccccc3)n2)cc1. The molecule has 4 heterocycles. The average molecular weight is 1250 g/mol. The van der Waals surface area contributed by atoms with Gasteiger partial charge < -0.3 is 9.13 Å². The lowest BCUT2D eigenvalue weighted by molar-refractivity contribution is 1.17. The molecule has 98 heavy (non-hydrogen) atoms. The zero-order valence-electron chi connectivity index (χ0n) is 53.0. The lowest BCUT2D eigenvalue weighted by Gasteiger charge is -2.14. The zero-order chi connectivity index (χ0) is 64.4. The Bertz CT molecular complexity index is 6560. The first-order valence-corrected chi connectivity index (χ1v) is 33.4. The van der Waals surface area contributed by atoms with E-state index in [4.69, 9.17) is 19.9 Å². The molecule has 0 unspecified atom stereocenters. The summed E-state index contributed by atoms with van der Waals surface area (Å²) in [6, 6.07) is 123. The molecule has 0 atom stereocenters. The van der Waals surface area contributed by atoms with E-state index in [0.717, 1.165) is 84.0 Å². The Kier molecular flexibility index (Phi) is 12.6. The molecule has 4 aromatic heterocycles. The first-order chi connectivity index (χ1) is 48.6. The van der Waals surface area contributed by atoms with Crippen LogP contribution >= 0.6 is 0 Å². The molecule has 20 rings (SSSR count). The fourth-order valence-electron chi connectivity index (χ4n) is 15.5. The molecule has 0 aliphatic carbocycles. The third kappa shape index (κ3) is 8.89. The molecular formula is C92H56N6. The summed E-state index contributed by atoms with van der Waals surface area (Å²) >= 11 is 0. The highest BCUT2D eigenvalue weighted by molar-refractivity contribution is 6.35. The predicted octanol–water partition coefficient (Wildman–Crippen LogP) is 24.0. The van der Waals surface area contributed by atoms with Crippen molar-refractivity contribution >= 4 is 108 Å². The molecule has 0 N–H and O–H groups in total. The second kappa shape index (κ2) is 22.2. The van der Waals surface area contributed by atoms with Gasteiger partial charge in [-0.2, -0.15) is 0 Å². The summed E-state index contributed by atoms with van der Waals surface area (Å²) in [4.78, 5) is 20.9. The first kappa shape index (κ1) is 55.3. The topological polar surface area (TPSA) is 61.4 Å². The minimum absolute atomic E-state index is 0.676. The van der Waals surface area contributed by atoms with E-state index in [0.29, 0.717) is 11.6 Å². The second-order valence-electron chi connectivity index (χ2n) is 25.6. The van der Waals surface area contributed by atoms with Gasteiger partial charge in [0.05, 0.1) is 44.8 Å². The highest BCUT2D eigenvalue weighted by Crippen LogP contribution is 2.47. The molecule has 0 bridgehead atoms. The van der Waals surface area contributed by atoms with Gasteiger partial charge in [0.2, 0.25) is 0 Å². The lowest BCUT2D eigenvalue weighted by Crippen LogP contribution is -1.98. The van der Waals surface area contributed by atoms with E-state index in [1.807, 2.05) is 30.3 Å². The summed E-state index contributed by atoms with van der Waals surface area (Å²) in [5.74, 6) is 1.37. The number of benzene rings is 16. The van der Waals surface area contributed by atoms with Crippen LogP contribution in [0.2, 0.25) is 0 Å². The van der Waals surface area contributed by atoms with E-state index >= 15 is 0 Å². The van der Waals surface area contributed by atoms with Gasteiger partial charge in [-0.3, -0.25) is 0 Å². The van der Waals surface area contributed by atoms with Crippen LogP contribution in [0.25, 0.3) is 199 Å². The molecule has 0 saturated heterocycles. The minimum atomic E-state index is 0.676. The van der Waals surface area contributed by atoms with Gasteiger partial charge in [0.15, 0.2) is 11.6 Å². The molecule has 6 nitrogen and oxygen atoms in total. The molecule has 16 aromatic carbocycles. The summed E-state index contributed by atoms with van der Waals surface area (Å²) in [6.07, 6.45) is 0. The van der Waals surface area contributed by atoms with Crippen molar-refractivity contribution in [2.24, 2.45) is 0 Å². The van der Waals surface area contributed by atoms with Crippen LogP contribution < -0.4 is 0 Å². The van der Waals surface area contributed by atoms with E-state index in [2.05, 4.69) is 319 Å². The van der Waals surface area contributed by atoms with Gasteiger partial charge >= 0.3 is 0 Å². The highest BCUT2D eigenvalue weighted by atomic mass is 15.0. The van der Waals surface area contributed by atoms with Crippen LogP contribution in [0.5, 0.6) is 0 Å². The largest absolute Gasteiger partial charge is 0.309 e. The van der Waals surface area contributed by atoms with Crippen molar-refractivity contribution in [3.05, 3.63) is 340 Å². The van der Waals surface area contributed by atoms with Crippen molar-refractivity contribution in [1.82, 2.24) is 29.1 Å². The van der Waals surface area contributed by atoms with E-state index in [9.17, 15) is 0 Å². The third-order valence-electron chi connectivity index (χ3n) is 20.1. The Morgan fingerprint density at radius 3 is 1.05 bits per heavy atom. The van der Waals surface area contributed by atoms with Gasteiger partial charge in [-0.05, 0) is 114 Å². The Labute approximate surface area is 563 Å². The van der Waals surface area contributed by atoms with Crippen LogP contribution in [-0.4, -0.2) is 29.1 Å². The maximum absolute atomic E-state index is 5.30. The van der Waals surface area contributed by atoms with Crippen molar-refractivity contribution < 1.29 is 0 Å². The van der Waals surface area contributed by atoms with Gasteiger partial charge in [-0.15, -0.1) is 0 Å². The number of hydrogen-bond acceptors (Lipinski definition) is 4. The molecule has 454 valence electrons. The van der Waals surface area contributed by atoms with Crippen molar-refractivity contribution in [2.45, 2.75) is 0 Å². The van der Waals surface area contributed by atoms with Crippen LogP contribution in [-0.2, 0) is 0 Å². The van der Waals surface area contributed by atoms with E-state index in [-0.39, 0.29) is 0 Å². The van der Waals surface area contributed by atoms with Gasteiger partial charge in [0, 0.05) is 82.5 Å². The average Bonchev–Trinajstić information content (AvgIpc) is 1.54. The molecule has 0 aliphatic rings. The first-order valence-electron chi connectivity index (χ1n) is 33.4. The third-order valence-corrected chi connectivity index (χ3v) is 20.1. The van der Waals surface area contributed by atoms with E-state index in [1.165, 1.54) is 103 Å². The Morgan fingerprint density at radius 1 is 0.184 bits per heavy atom. The minimum Gasteiger partial charge on any atom is -0.309 e. The second-order valence-corrected chi connectivity index (χ2v) is 25.6. The summed E-state index contributed by atoms with van der Waals surface area (Å²) in [5, 5.41) is 19.6. The maximum Gasteiger partial charge on any atom is 0.160 e. The Morgan fingerprint density at radius 2 is 0.541 bits per heavy atom. The molecule has 0 radical (unpaired) electrons. The smallest absolute Gasteiger partial charge is 0.160 e. The fraction of sp³-hybridized carbons (Fsp3) is 0. The fourth-order valence-corrected chi connectivity index (χ4v) is 15.5. The summed E-state index contributed by atoms with van der Waals surface area (Å²) in [7, 11) is 0. The van der Waals surface area contributed by atoms with Crippen LogP contribution in [0.15, 0.2) is 340 Å². The van der Waals surface area contributed by atoms with Crippen LogP contribution in [0.1, 0.15) is 0 Å². The van der Waals surface area contributed by atoms with Crippen molar-refractivity contribution in [2.75, 3.05) is 0 Å². The normalized spacial score (nSPS) is 11.9. The molecule has 0 spiro atoms. The summed E-state index contributed by atoms with van der Waals surface area (Å²) in [6.45, 7) is 0. The predicted molar refractivity (Wildman–Crippen MR) is 409 cm³/mol. The summed E-state index contributed by atoms with van der Waals surface area (Å²) < 4.78 is 4.98. The number of rotatable bonds is 9. The van der Waals surface area contributed by atoms with Crippen molar-refractivity contribution in [3.8, 4) is 90.3 Å². The molecule has 0 aliphatic heterocycles. The molecule has 0 amide bonds. The van der Waals surface area contributed by atoms with Crippen LogP contribution in [0, 0.1) is 0 Å². The quantitative estimate of drug-likeness (QED) is 0.135.